The molecule has 0 unspecified atom stereocenters. The van der Waals surface area contributed by atoms with Crippen molar-refractivity contribution in [1.82, 2.24) is 10.3 Å². The van der Waals surface area contributed by atoms with Crippen LogP contribution < -0.4 is 5.32 Å². The number of fused-ring (bicyclic) bond motifs is 3. The smallest absolute Gasteiger partial charge is 0.158 e. The highest BCUT2D eigenvalue weighted by Crippen LogP contribution is 2.54. The van der Waals surface area contributed by atoms with E-state index in [9.17, 15) is 0 Å². The highest BCUT2D eigenvalue weighted by atomic mass is 16.6. The van der Waals surface area contributed by atoms with E-state index in [1.165, 1.54) is 11.1 Å². The Morgan fingerprint density at radius 2 is 1.89 bits per heavy atom. The Kier molecular flexibility index (Phi) is 2.35. The van der Waals surface area contributed by atoms with Crippen molar-refractivity contribution in [3.05, 3.63) is 28.6 Å². The molecule has 1 aromatic rings. The van der Waals surface area contributed by atoms with E-state index < -0.39 is 0 Å². The zero-order chi connectivity index (χ0) is 13.1. The van der Waals surface area contributed by atoms with E-state index in [4.69, 9.17) is 14.5 Å². The number of hydrogen-bond acceptors (Lipinski definition) is 4. The second-order valence-corrected chi connectivity index (χ2v) is 6.14. The third kappa shape index (κ3) is 1.48. The molecule has 19 heavy (non-hydrogen) atoms. The van der Waals surface area contributed by atoms with Gasteiger partial charge in [0.05, 0.1) is 24.5 Å². The van der Waals surface area contributed by atoms with Gasteiger partial charge in [0, 0.05) is 11.3 Å². The van der Waals surface area contributed by atoms with Gasteiger partial charge in [-0.1, -0.05) is 0 Å². The number of rotatable bonds is 0. The van der Waals surface area contributed by atoms with E-state index in [2.05, 4.69) is 25.2 Å². The topological polar surface area (TPSA) is 43.4 Å². The maximum atomic E-state index is 6.59. The van der Waals surface area contributed by atoms with Crippen molar-refractivity contribution in [2.45, 2.75) is 37.9 Å². The summed E-state index contributed by atoms with van der Waals surface area (Å²) in [6.07, 6.45) is 2.07. The lowest BCUT2D eigenvalue weighted by molar-refractivity contribution is -0.261. The maximum absolute atomic E-state index is 6.59. The van der Waals surface area contributed by atoms with Crippen molar-refractivity contribution in [3.63, 3.8) is 0 Å². The summed E-state index contributed by atoms with van der Waals surface area (Å²) in [6.45, 7) is 7.61. The van der Waals surface area contributed by atoms with Gasteiger partial charge in [-0.15, -0.1) is 0 Å². The summed E-state index contributed by atoms with van der Waals surface area (Å²) < 4.78 is 12.0. The van der Waals surface area contributed by atoms with Crippen molar-refractivity contribution in [2.24, 2.45) is 0 Å². The maximum Gasteiger partial charge on any atom is 0.158 e. The van der Waals surface area contributed by atoms with Gasteiger partial charge < -0.3 is 14.8 Å². The molecule has 4 nitrogen and oxygen atoms in total. The molecule has 0 saturated carbocycles. The largest absolute Gasteiger partial charge is 0.374 e. The fourth-order valence-electron chi connectivity index (χ4n) is 3.88. The normalized spacial score (nSPS) is 26.4. The number of nitrogens with zero attached hydrogens (tertiary/aromatic N) is 1. The van der Waals surface area contributed by atoms with Crippen LogP contribution in [0.15, 0.2) is 6.07 Å². The molecule has 3 aliphatic rings. The lowest BCUT2D eigenvalue weighted by Gasteiger charge is -2.42. The first kappa shape index (κ1) is 11.8. The van der Waals surface area contributed by atoms with Crippen LogP contribution in [0, 0.1) is 13.8 Å². The summed E-state index contributed by atoms with van der Waals surface area (Å²) >= 11 is 0. The molecule has 0 bridgehead atoms. The Hall–Kier alpha value is -0.970. The van der Waals surface area contributed by atoms with Crippen LogP contribution in [0.1, 0.15) is 35.4 Å². The Morgan fingerprint density at radius 1 is 1.16 bits per heavy atom. The lowest BCUT2D eigenvalue weighted by Crippen LogP contribution is -2.50. The van der Waals surface area contributed by atoms with Gasteiger partial charge in [0.15, 0.2) is 5.60 Å². The summed E-state index contributed by atoms with van der Waals surface area (Å²) in [6, 6.07) is 2.19. The average Bonchev–Trinajstić information content (AvgIpc) is 2.61. The standard InChI is InChI=1S/C15H20N2O2/c1-10-7-11(2)17-13-12(10)14(3-5-16-6-4-14)19-15(13)8-18-9-15/h7,16H,3-6,8-9H2,1-2H3. The summed E-state index contributed by atoms with van der Waals surface area (Å²) in [4.78, 5) is 4.81. The number of ether oxygens (including phenoxy) is 2. The number of piperidine rings is 1. The summed E-state index contributed by atoms with van der Waals surface area (Å²) in [7, 11) is 0. The number of aromatic nitrogens is 1. The molecule has 102 valence electrons. The molecule has 1 N–H and O–H groups in total. The van der Waals surface area contributed by atoms with E-state index >= 15 is 0 Å². The van der Waals surface area contributed by atoms with Gasteiger partial charge in [-0.25, -0.2) is 0 Å². The van der Waals surface area contributed by atoms with Gasteiger partial charge in [-0.3, -0.25) is 4.98 Å². The molecule has 4 rings (SSSR count). The molecule has 2 fully saturated rings. The van der Waals surface area contributed by atoms with Crippen LogP contribution in [0.5, 0.6) is 0 Å². The molecule has 2 spiro atoms. The minimum Gasteiger partial charge on any atom is -0.374 e. The zero-order valence-electron chi connectivity index (χ0n) is 11.6. The minimum absolute atomic E-state index is 0.130. The minimum atomic E-state index is -0.260. The Balaban J connectivity index is 1.91. The molecular weight excluding hydrogens is 240 g/mol. The molecule has 2 saturated heterocycles. The van der Waals surface area contributed by atoms with Gasteiger partial charge in [-0.05, 0) is 51.4 Å². The molecular formula is C15H20N2O2. The van der Waals surface area contributed by atoms with E-state index in [1.807, 2.05) is 0 Å². The highest BCUT2D eigenvalue weighted by Gasteiger charge is 2.59. The van der Waals surface area contributed by atoms with E-state index in [0.717, 1.165) is 37.3 Å². The molecule has 4 heterocycles. The van der Waals surface area contributed by atoms with Gasteiger partial charge in [0.1, 0.15) is 0 Å². The van der Waals surface area contributed by atoms with E-state index in [1.54, 1.807) is 0 Å². The van der Waals surface area contributed by atoms with E-state index in [0.29, 0.717) is 13.2 Å². The molecule has 0 atom stereocenters. The molecule has 4 heteroatoms. The third-order valence-electron chi connectivity index (χ3n) is 4.70. The fraction of sp³-hybridized carbons (Fsp3) is 0.667. The van der Waals surface area contributed by atoms with Gasteiger partial charge in [0.25, 0.3) is 0 Å². The number of aryl methyl sites for hydroxylation is 2. The van der Waals surface area contributed by atoms with Crippen molar-refractivity contribution < 1.29 is 9.47 Å². The summed E-state index contributed by atoms with van der Waals surface area (Å²) in [5.41, 5.74) is 4.52. The monoisotopic (exact) mass is 260 g/mol. The van der Waals surface area contributed by atoms with Gasteiger partial charge in [-0.2, -0.15) is 0 Å². The zero-order valence-corrected chi connectivity index (χ0v) is 11.6. The van der Waals surface area contributed by atoms with Crippen molar-refractivity contribution in [2.75, 3.05) is 26.3 Å². The van der Waals surface area contributed by atoms with Crippen molar-refractivity contribution in [3.8, 4) is 0 Å². The van der Waals surface area contributed by atoms with Crippen LogP contribution in [0.25, 0.3) is 0 Å². The second-order valence-electron chi connectivity index (χ2n) is 6.14. The van der Waals surface area contributed by atoms with Crippen molar-refractivity contribution in [1.29, 1.82) is 0 Å². The van der Waals surface area contributed by atoms with Gasteiger partial charge in [0.2, 0.25) is 0 Å². The van der Waals surface area contributed by atoms with Crippen LogP contribution in [0.4, 0.5) is 0 Å². The molecule has 0 aromatic carbocycles. The fourth-order valence-corrected chi connectivity index (χ4v) is 3.88. The van der Waals surface area contributed by atoms with Crippen LogP contribution in [0.3, 0.4) is 0 Å². The Bertz CT molecular complexity index is 531. The Morgan fingerprint density at radius 3 is 2.53 bits per heavy atom. The molecule has 3 aliphatic heterocycles. The number of hydrogen-bond donors (Lipinski definition) is 1. The first-order chi connectivity index (χ1) is 9.15. The number of nitrogens with one attached hydrogen (secondary N) is 1. The predicted octanol–water partition coefficient (Wildman–Crippen LogP) is 1.53. The highest BCUT2D eigenvalue weighted by molar-refractivity contribution is 5.45. The number of pyridine rings is 1. The second kappa shape index (κ2) is 3.78. The first-order valence-electron chi connectivity index (χ1n) is 7.13. The predicted molar refractivity (Wildman–Crippen MR) is 71.1 cm³/mol. The molecule has 0 amide bonds. The molecule has 0 aliphatic carbocycles. The Labute approximate surface area is 113 Å². The quantitative estimate of drug-likeness (QED) is 0.768. The SMILES string of the molecule is Cc1cc(C)c2c(n1)C1(COC1)OC21CCNCC1. The van der Waals surface area contributed by atoms with Crippen LogP contribution in [-0.4, -0.2) is 31.3 Å². The van der Waals surface area contributed by atoms with Crippen LogP contribution >= 0.6 is 0 Å². The lowest BCUT2D eigenvalue weighted by atomic mass is 9.82. The van der Waals surface area contributed by atoms with E-state index in [-0.39, 0.29) is 11.2 Å². The first-order valence-corrected chi connectivity index (χ1v) is 7.13. The third-order valence-corrected chi connectivity index (χ3v) is 4.70. The van der Waals surface area contributed by atoms with Gasteiger partial charge >= 0.3 is 0 Å². The van der Waals surface area contributed by atoms with Crippen LogP contribution in [-0.2, 0) is 20.7 Å². The summed E-state index contributed by atoms with van der Waals surface area (Å²) in [5.74, 6) is 0. The van der Waals surface area contributed by atoms with Crippen molar-refractivity contribution >= 4 is 0 Å². The molecule has 0 radical (unpaired) electrons. The van der Waals surface area contributed by atoms with Crippen LogP contribution in [0.2, 0.25) is 0 Å². The molecule has 1 aromatic heterocycles. The summed E-state index contributed by atoms with van der Waals surface area (Å²) in [5, 5.41) is 3.43. The average molecular weight is 260 g/mol.